The number of thioether (sulfide) groups is 1. The Bertz CT molecular complexity index is 616. The van der Waals surface area contributed by atoms with Crippen LogP contribution in [0.15, 0.2) is 34.5 Å². The number of hydrogen-bond donors (Lipinski definition) is 2. The quantitative estimate of drug-likeness (QED) is 0.546. The molecule has 2 amide bonds. The molecule has 2 N–H and O–H groups in total. The van der Waals surface area contributed by atoms with Crippen LogP contribution >= 0.6 is 34.7 Å². The number of aromatic nitrogens is 1. The van der Waals surface area contributed by atoms with Crippen LogP contribution in [-0.4, -0.2) is 29.9 Å². The molecule has 0 aliphatic heterocycles. The Kier molecular flexibility index (Phi) is 7.71. The van der Waals surface area contributed by atoms with Gasteiger partial charge >= 0.3 is 6.03 Å². The van der Waals surface area contributed by atoms with Gasteiger partial charge in [-0.1, -0.05) is 18.5 Å². The lowest BCUT2D eigenvalue weighted by Crippen LogP contribution is -2.37. The summed E-state index contributed by atoms with van der Waals surface area (Å²) in [6.07, 6.45) is 1.73. The van der Waals surface area contributed by atoms with Gasteiger partial charge in [0.1, 0.15) is 0 Å². The van der Waals surface area contributed by atoms with E-state index in [9.17, 15) is 4.79 Å². The van der Waals surface area contributed by atoms with Crippen molar-refractivity contribution in [2.75, 3.05) is 18.8 Å². The summed E-state index contributed by atoms with van der Waals surface area (Å²) in [6, 6.07) is 7.56. The fraction of sp³-hybridized carbons (Fsp3) is 0.375. The minimum absolute atomic E-state index is 0.132. The van der Waals surface area contributed by atoms with Gasteiger partial charge in [0.2, 0.25) is 0 Å². The Morgan fingerprint density at radius 3 is 2.70 bits per heavy atom. The van der Waals surface area contributed by atoms with Crippen molar-refractivity contribution in [1.82, 2.24) is 15.6 Å². The van der Waals surface area contributed by atoms with E-state index in [1.54, 1.807) is 23.1 Å². The normalized spacial score (nSPS) is 10.5. The minimum atomic E-state index is -0.132. The summed E-state index contributed by atoms with van der Waals surface area (Å²) in [5.74, 6) is 0.820. The van der Waals surface area contributed by atoms with E-state index in [0.717, 1.165) is 39.2 Å². The number of carbonyl (C=O) groups excluding carboxylic acids is 1. The summed E-state index contributed by atoms with van der Waals surface area (Å²) >= 11 is 9.20. The van der Waals surface area contributed by atoms with Gasteiger partial charge in [-0.25, -0.2) is 9.78 Å². The maximum atomic E-state index is 11.7. The van der Waals surface area contributed by atoms with E-state index in [-0.39, 0.29) is 6.03 Å². The Labute approximate surface area is 150 Å². The molecule has 0 saturated heterocycles. The highest BCUT2D eigenvalue weighted by molar-refractivity contribution is 7.99. The molecule has 0 saturated carbocycles. The summed E-state index contributed by atoms with van der Waals surface area (Å²) in [5, 5.41) is 9.64. The largest absolute Gasteiger partial charge is 0.338 e. The number of urea groups is 1. The Hall–Kier alpha value is -1.24. The van der Waals surface area contributed by atoms with Gasteiger partial charge in [-0.3, -0.25) is 0 Å². The van der Waals surface area contributed by atoms with Crippen LogP contribution in [0.3, 0.4) is 0 Å². The Morgan fingerprint density at radius 2 is 2.00 bits per heavy atom. The molecule has 0 aliphatic carbocycles. The van der Waals surface area contributed by atoms with Crippen molar-refractivity contribution in [3.05, 3.63) is 45.4 Å². The summed E-state index contributed by atoms with van der Waals surface area (Å²) in [5.41, 5.74) is 1.05. The molecule has 124 valence electrons. The van der Waals surface area contributed by atoms with Crippen molar-refractivity contribution >= 4 is 40.7 Å². The van der Waals surface area contributed by atoms with Gasteiger partial charge in [0.25, 0.3) is 0 Å². The summed E-state index contributed by atoms with van der Waals surface area (Å²) in [4.78, 5) is 17.3. The van der Waals surface area contributed by atoms with Crippen LogP contribution in [0.4, 0.5) is 4.79 Å². The molecular formula is C16H20ClN3OS2. The van der Waals surface area contributed by atoms with Crippen LogP contribution in [0.1, 0.15) is 17.6 Å². The van der Waals surface area contributed by atoms with E-state index < -0.39 is 0 Å². The van der Waals surface area contributed by atoms with Gasteiger partial charge in [0.15, 0.2) is 0 Å². The van der Waals surface area contributed by atoms with Crippen LogP contribution < -0.4 is 10.6 Å². The second-order valence-corrected chi connectivity index (χ2v) is 7.37. The number of benzene rings is 1. The molecule has 0 spiro atoms. The van der Waals surface area contributed by atoms with Crippen LogP contribution in [0.2, 0.25) is 5.02 Å². The van der Waals surface area contributed by atoms with E-state index in [4.69, 9.17) is 11.6 Å². The number of carbonyl (C=O) groups is 1. The van der Waals surface area contributed by atoms with Gasteiger partial charge in [0, 0.05) is 40.6 Å². The first-order valence-electron chi connectivity index (χ1n) is 7.50. The average Bonchev–Trinajstić information content (AvgIpc) is 3.01. The molecule has 0 atom stereocenters. The van der Waals surface area contributed by atoms with Gasteiger partial charge in [0.05, 0.1) is 10.7 Å². The maximum absolute atomic E-state index is 11.7. The number of nitrogens with zero attached hydrogens (tertiary/aromatic N) is 1. The van der Waals surface area contributed by atoms with E-state index in [1.807, 2.05) is 24.3 Å². The molecule has 0 unspecified atom stereocenters. The van der Waals surface area contributed by atoms with E-state index in [2.05, 4.69) is 27.9 Å². The van der Waals surface area contributed by atoms with Crippen molar-refractivity contribution in [3.8, 4) is 0 Å². The number of rotatable bonds is 8. The third-order valence-corrected chi connectivity index (χ3v) is 5.35. The molecule has 1 heterocycles. The topological polar surface area (TPSA) is 54.0 Å². The van der Waals surface area contributed by atoms with Crippen LogP contribution in [0, 0.1) is 0 Å². The number of nitrogens with one attached hydrogen (secondary N) is 2. The van der Waals surface area contributed by atoms with Crippen molar-refractivity contribution < 1.29 is 4.79 Å². The molecule has 23 heavy (non-hydrogen) atoms. The van der Waals surface area contributed by atoms with Crippen LogP contribution in [-0.2, 0) is 12.8 Å². The second-order valence-electron chi connectivity index (χ2n) is 4.82. The third kappa shape index (κ3) is 6.81. The maximum Gasteiger partial charge on any atom is 0.314 e. The predicted molar refractivity (Wildman–Crippen MR) is 98.8 cm³/mol. The van der Waals surface area contributed by atoms with Crippen molar-refractivity contribution in [2.24, 2.45) is 0 Å². The molecule has 2 rings (SSSR count). The molecule has 0 fully saturated rings. The average molecular weight is 370 g/mol. The number of aryl methyl sites for hydroxylation is 1. The lowest BCUT2D eigenvalue weighted by atomic mass is 10.3. The first-order valence-corrected chi connectivity index (χ1v) is 9.75. The van der Waals surface area contributed by atoms with Crippen molar-refractivity contribution in [2.45, 2.75) is 24.7 Å². The fourth-order valence-electron chi connectivity index (χ4n) is 1.86. The highest BCUT2D eigenvalue weighted by Gasteiger charge is 2.03. The van der Waals surface area contributed by atoms with E-state index in [1.165, 1.54) is 0 Å². The second kappa shape index (κ2) is 9.80. The highest BCUT2D eigenvalue weighted by Crippen LogP contribution is 2.19. The smallest absolute Gasteiger partial charge is 0.314 e. The SMILES string of the molecule is CCc1nc(CCNC(=O)NCCSc2ccc(Cl)cc2)cs1. The lowest BCUT2D eigenvalue weighted by Gasteiger charge is -2.07. The first kappa shape index (κ1) is 18.1. The molecule has 0 aliphatic rings. The van der Waals surface area contributed by atoms with Crippen LogP contribution in [0.5, 0.6) is 0 Å². The van der Waals surface area contributed by atoms with Gasteiger partial charge < -0.3 is 10.6 Å². The number of thiazole rings is 1. The molecule has 1 aromatic heterocycles. The number of halogens is 1. The van der Waals surface area contributed by atoms with Gasteiger partial charge in [-0.15, -0.1) is 23.1 Å². The van der Waals surface area contributed by atoms with E-state index >= 15 is 0 Å². The van der Waals surface area contributed by atoms with Gasteiger partial charge in [-0.2, -0.15) is 0 Å². The molecule has 1 aromatic carbocycles. The molecule has 0 radical (unpaired) electrons. The van der Waals surface area contributed by atoms with Crippen molar-refractivity contribution in [1.29, 1.82) is 0 Å². The Morgan fingerprint density at radius 1 is 1.26 bits per heavy atom. The monoisotopic (exact) mass is 369 g/mol. The summed E-state index contributed by atoms with van der Waals surface area (Å²) < 4.78 is 0. The lowest BCUT2D eigenvalue weighted by molar-refractivity contribution is 0.241. The molecule has 4 nitrogen and oxygen atoms in total. The minimum Gasteiger partial charge on any atom is -0.338 e. The molecular weight excluding hydrogens is 350 g/mol. The third-order valence-electron chi connectivity index (χ3n) is 3.04. The highest BCUT2D eigenvalue weighted by atomic mass is 35.5. The zero-order valence-electron chi connectivity index (χ0n) is 13.0. The fourth-order valence-corrected chi connectivity index (χ4v) is 3.53. The van der Waals surface area contributed by atoms with Crippen molar-refractivity contribution in [3.63, 3.8) is 0 Å². The summed E-state index contributed by atoms with van der Waals surface area (Å²) in [7, 11) is 0. The number of hydrogen-bond acceptors (Lipinski definition) is 4. The zero-order valence-corrected chi connectivity index (χ0v) is 15.4. The summed E-state index contributed by atoms with van der Waals surface area (Å²) in [6.45, 7) is 3.31. The number of amides is 2. The van der Waals surface area contributed by atoms with E-state index in [0.29, 0.717) is 13.1 Å². The molecule has 7 heteroatoms. The van der Waals surface area contributed by atoms with Gasteiger partial charge in [-0.05, 0) is 30.7 Å². The standard InChI is InChI=1S/C16H20ClN3OS2/c1-2-15-20-13(11-23-15)7-8-18-16(21)19-9-10-22-14-5-3-12(17)4-6-14/h3-6,11H,2,7-10H2,1H3,(H2,18,19,21). The first-order chi connectivity index (χ1) is 11.2. The molecule has 2 aromatic rings. The zero-order chi connectivity index (χ0) is 16.5. The van der Waals surface area contributed by atoms with Crippen LogP contribution in [0.25, 0.3) is 0 Å². The predicted octanol–water partition coefficient (Wildman–Crippen LogP) is 3.99. The Balaban J connectivity index is 1.55. The molecule has 0 bridgehead atoms.